The van der Waals surface area contributed by atoms with E-state index in [-0.39, 0.29) is 24.5 Å². The number of fused-ring (bicyclic) bond motifs is 1. The average Bonchev–Trinajstić information content (AvgIpc) is 2.68. The zero-order valence-corrected chi connectivity index (χ0v) is 16.0. The minimum absolute atomic E-state index is 0.0326. The van der Waals surface area contributed by atoms with Gasteiger partial charge >= 0.3 is 6.61 Å². The van der Waals surface area contributed by atoms with Crippen LogP contribution in [-0.2, 0) is 27.8 Å². The topological polar surface area (TPSA) is 75.7 Å². The number of carbonyl (C=O) groups is 1. The van der Waals surface area contributed by atoms with E-state index in [2.05, 4.69) is 10.1 Å². The number of rotatable bonds is 6. The van der Waals surface area contributed by atoms with Crippen molar-refractivity contribution in [3.8, 4) is 5.75 Å². The SMILES string of the molecule is CCS(=O)(=O)N1Cc2ccccc2CC1C(=O)Nc1ccc(OC(F)F)cc1. The van der Waals surface area contributed by atoms with Crippen molar-refractivity contribution < 1.29 is 26.7 Å². The van der Waals surface area contributed by atoms with E-state index in [0.29, 0.717) is 5.69 Å². The third-order valence-electron chi connectivity index (χ3n) is 4.58. The van der Waals surface area contributed by atoms with E-state index < -0.39 is 28.6 Å². The Balaban J connectivity index is 1.82. The van der Waals surface area contributed by atoms with Crippen molar-refractivity contribution in [1.29, 1.82) is 0 Å². The number of hydrogen-bond donors (Lipinski definition) is 1. The summed E-state index contributed by atoms with van der Waals surface area (Å²) in [5, 5.41) is 2.66. The number of nitrogens with one attached hydrogen (secondary N) is 1. The summed E-state index contributed by atoms with van der Waals surface area (Å²) >= 11 is 0. The summed E-state index contributed by atoms with van der Waals surface area (Å²) in [6.45, 7) is -1.27. The third kappa shape index (κ3) is 4.48. The van der Waals surface area contributed by atoms with Crippen molar-refractivity contribution in [2.24, 2.45) is 0 Å². The lowest BCUT2D eigenvalue weighted by molar-refractivity contribution is -0.120. The smallest absolute Gasteiger partial charge is 0.387 e. The van der Waals surface area contributed by atoms with E-state index in [1.165, 1.54) is 35.5 Å². The second-order valence-corrected chi connectivity index (χ2v) is 8.54. The van der Waals surface area contributed by atoms with Crippen molar-refractivity contribution in [3.05, 3.63) is 59.7 Å². The Kier molecular flexibility index (Phi) is 5.95. The van der Waals surface area contributed by atoms with E-state index in [0.717, 1.165) is 11.1 Å². The van der Waals surface area contributed by atoms with Gasteiger partial charge in [0.15, 0.2) is 0 Å². The Morgan fingerprint density at radius 3 is 2.43 bits per heavy atom. The molecule has 1 aliphatic rings. The lowest BCUT2D eigenvalue weighted by atomic mass is 9.95. The van der Waals surface area contributed by atoms with Gasteiger partial charge in [0.1, 0.15) is 11.8 Å². The summed E-state index contributed by atoms with van der Waals surface area (Å²) in [6, 6.07) is 12.0. The summed E-state index contributed by atoms with van der Waals surface area (Å²) in [7, 11) is -3.60. The molecule has 28 heavy (non-hydrogen) atoms. The van der Waals surface area contributed by atoms with E-state index in [1.807, 2.05) is 24.3 Å². The van der Waals surface area contributed by atoms with Gasteiger partial charge in [0.25, 0.3) is 0 Å². The number of ether oxygens (including phenoxy) is 1. The van der Waals surface area contributed by atoms with E-state index in [1.54, 1.807) is 0 Å². The van der Waals surface area contributed by atoms with Gasteiger partial charge in [-0.3, -0.25) is 4.79 Å². The van der Waals surface area contributed by atoms with Crippen LogP contribution in [0.5, 0.6) is 5.75 Å². The summed E-state index contributed by atoms with van der Waals surface area (Å²) in [6.07, 6.45) is 0.258. The molecule has 0 fully saturated rings. The molecule has 0 spiro atoms. The Hall–Kier alpha value is -2.52. The standard InChI is InChI=1S/C19H20F2N2O4S/c1-2-28(25,26)23-12-14-6-4-3-5-13(14)11-17(23)18(24)22-15-7-9-16(10-8-15)27-19(20)21/h3-10,17,19H,2,11-12H2,1H3,(H,22,24). The van der Waals surface area contributed by atoms with Crippen LogP contribution < -0.4 is 10.1 Å². The minimum Gasteiger partial charge on any atom is -0.435 e. The lowest BCUT2D eigenvalue weighted by Gasteiger charge is -2.34. The van der Waals surface area contributed by atoms with Crippen molar-refractivity contribution >= 4 is 21.6 Å². The maximum atomic E-state index is 12.8. The lowest BCUT2D eigenvalue weighted by Crippen LogP contribution is -2.51. The van der Waals surface area contributed by atoms with E-state index in [4.69, 9.17) is 0 Å². The minimum atomic E-state index is -3.60. The monoisotopic (exact) mass is 410 g/mol. The molecule has 2 aromatic rings. The van der Waals surface area contributed by atoms with Gasteiger partial charge in [-0.15, -0.1) is 0 Å². The van der Waals surface area contributed by atoms with Crippen LogP contribution in [0, 0.1) is 0 Å². The molecule has 0 saturated carbocycles. The molecular weight excluding hydrogens is 390 g/mol. The summed E-state index contributed by atoms with van der Waals surface area (Å²) in [5.74, 6) is -0.623. The van der Waals surface area contributed by atoms with Gasteiger partial charge in [-0.25, -0.2) is 8.42 Å². The van der Waals surface area contributed by atoms with Gasteiger partial charge in [-0.1, -0.05) is 24.3 Å². The molecule has 1 amide bonds. The first-order valence-corrected chi connectivity index (χ1v) is 10.3. The molecule has 0 aromatic heterocycles. The number of benzene rings is 2. The highest BCUT2D eigenvalue weighted by molar-refractivity contribution is 7.89. The van der Waals surface area contributed by atoms with Gasteiger partial charge < -0.3 is 10.1 Å². The Bertz CT molecular complexity index is 949. The molecule has 1 atom stereocenters. The number of sulfonamides is 1. The molecule has 0 radical (unpaired) electrons. The molecule has 0 aliphatic carbocycles. The molecule has 2 aromatic carbocycles. The molecular formula is C19H20F2N2O4S. The van der Waals surface area contributed by atoms with Crippen LogP contribution in [0.2, 0.25) is 0 Å². The normalized spacial score (nSPS) is 17.2. The fraction of sp³-hybridized carbons (Fsp3) is 0.316. The average molecular weight is 410 g/mol. The van der Waals surface area contributed by atoms with Gasteiger partial charge in [-0.2, -0.15) is 13.1 Å². The number of alkyl halides is 2. The first-order chi connectivity index (χ1) is 13.3. The zero-order valence-electron chi connectivity index (χ0n) is 15.1. The molecule has 6 nitrogen and oxygen atoms in total. The number of halogens is 2. The van der Waals surface area contributed by atoms with Crippen LogP contribution in [0.4, 0.5) is 14.5 Å². The zero-order chi connectivity index (χ0) is 20.3. The second-order valence-electron chi connectivity index (χ2n) is 6.33. The first kappa shape index (κ1) is 20.2. The van der Waals surface area contributed by atoms with Crippen LogP contribution in [0.15, 0.2) is 48.5 Å². The van der Waals surface area contributed by atoms with E-state index >= 15 is 0 Å². The molecule has 150 valence electrons. The predicted molar refractivity (Wildman–Crippen MR) is 101 cm³/mol. The largest absolute Gasteiger partial charge is 0.435 e. The molecule has 0 saturated heterocycles. The van der Waals surface area contributed by atoms with Crippen molar-refractivity contribution in [2.75, 3.05) is 11.1 Å². The Morgan fingerprint density at radius 2 is 1.82 bits per heavy atom. The fourth-order valence-electron chi connectivity index (χ4n) is 3.13. The van der Waals surface area contributed by atoms with Crippen LogP contribution in [0.3, 0.4) is 0 Å². The Morgan fingerprint density at radius 1 is 1.18 bits per heavy atom. The quantitative estimate of drug-likeness (QED) is 0.794. The molecule has 0 bridgehead atoms. The summed E-state index contributed by atoms with van der Waals surface area (Å²) in [5.41, 5.74) is 2.15. The van der Waals surface area contributed by atoms with Crippen LogP contribution in [0.1, 0.15) is 18.1 Å². The van der Waals surface area contributed by atoms with Gasteiger partial charge in [0.2, 0.25) is 15.9 Å². The highest BCUT2D eigenvalue weighted by Crippen LogP contribution is 2.27. The number of carbonyl (C=O) groups excluding carboxylic acids is 1. The summed E-state index contributed by atoms with van der Waals surface area (Å²) in [4.78, 5) is 12.8. The molecule has 9 heteroatoms. The number of amides is 1. The highest BCUT2D eigenvalue weighted by atomic mass is 32.2. The first-order valence-electron chi connectivity index (χ1n) is 8.72. The Labute approximate surface area is 162 Å². The number of nitrogens with zero attached hydrogens (tertiary/aromatic N) is 1. The van der Waals surface area contributed by atoms with Crippen molar-refractivity contribution in [3.63, 3.8) is 0 Å². The molecule has 1 aliphatic heterocycles. The predicted octanol–water partition coefficient (Wildman–Crippen LogP) is 3.00. The molecule has 1 N–H and O–H groups in total. The fourth-order valence-corrected chi connectivity index (χ4v) is 4.35. The highest BCUT2D eigenvalue weighted by Gasteiger charge is 2.37. The van der Waals surface area contributed by atoms with Gasteiger partial charge in [0, 0.05) is 12.2 Å². The van der Waals surface area contributed by atoms with Crippen molar-refractivity contribution in [1.82, 2.24) is 4.31 Å². The van der Waals surface area contributed by atoms with Crippen LogP contribution in [0.25, 0.3) is 0 Å². The van der Waals surface area contributed by atoms with E-state index in [9.17, 15) is 22.0 Å². The number of anilines is 1. The summed E-state index contributed by atoms with van der Waals surface area (Å²) < 4.78 is 55.0. The van der Waals surface area contributed by atoms with Crippen LogP contribution in [-0.4, -0.2) is 37.0 Å². The van der Waals surface area contributed by atoms with Gasteiger partial charge in [0.05, 0.1) is 5.75 Å². The molecule has 1 heterocycles. The molecule has 1 unspecified atom stereocenters. The van der Waals surface area contributed by atoms with Crippen LogP contribution >= 0.6 is 0 Å². The number of hydrogen-bond acceptors (Lipinski definition) is 4. The van der Waals surface area contributed by atoms with Gasteiger partial charge in [-0.05, 0) is 48.7 Å². The maximum Gasteiger partial charge on any atom is 0.387 e. The third-order valence-corrected chi connectivity index (χ3v) is 6.41. The second kappa shape index (κ2) is 8.24. The molecule has 3 rings (SSSR count). The van der Waals surface area contributed by atoms with Crippen molar-refractivity contribution in [2.45, 2.75) is 32.5 Å². The maximum absolute atomic E-state index is 12.8.